The summed E-state index contributed by atoms with van der Waals surface area (Å²) in [6, 6.07) is 8.10. The standard InChI is InChI=1S/C16H14N2O3/c1-10(19)16(15(20)13-3-2-4-13)21-14-6-11(8-17)5-12(7-14)9-18/h5-7,13,16H,2-4H2,1H3. The second kappa shape index (κ2) is 6.19. The van der Waals surface area contributed by atoms with Gasteiger partial charge >= 0.3 is 0 Å². The van der Waals surface area contributed by atoms with Gasteiger partial charge in [-0.1, -0.05) is 6.42 Å². The third-order valence-electron chi connectivity index (χ3n) is 3.55. The molecule has 0 saturated heterocycles. The van der Waals surface area contributed by atoms with E-state index in [1.54, 1.807) is 0 Å². The Hall–Kier alpha value is -2.66. The van der Waals surface area contributed by atoms with Gasteiger partial charge in [0.25, 0.3) is 0 Å². The van der Waals surface area contributed by atoms with E-state index in [1.165, 1.54) is 25.1 Å². The highest BCUT2D eigenvalue weighted by Crippen LogP contribution is 2.29. The highest BCUT2D eigenvalue weighted by atomic mass is 16.5. The predicted molar refractivity (Wildman–Crippen MR) is 73.3 cm³/mol. The van der Waals surface area contributed by atoms with Crippen LogP contribution in [-0.4, -0.2) is 17.7 Å². The number of ketones is 2. The lowest BCUT2D eigenvalue weighted by Crippen LogP contribution is -2.40. The summed E-state index contributed by atoms with van der Waals surface area (Å²) in [5.41, 5.74) is 0.505. The molecule has 5 nitrogen and oxygen atoms in total. The van der Waals surface area contributed by atoms with Crippen molar-refractivity contribution in [2.24, 2.45) is 5.92 Å². The number of rotatable bonds is 5. The Morgan fingerprint density at radius 3 is 2.14 bits per heavy atom. The third kappa shape index (κ3) is 3.27. The number of nitriles is 2. The van der Waals surface area contributed by atoms with Crippen molar-refractivity contribution in [1.82, 2.24) is 0 Å². The maximum atomic E-state index is 12.2. The lowest BCUT2D eigenvalue weighted by atomic mass is 9.80. The van der Waals surface area contributed by atoms with Gasteiger partial charge < -0.3 is 4.74 Å². The van der Waals surface area contributed by atoms with Crippen LogP contribution in [0.15, 0.2) is 18.2 Å². The molecule has 0 amide bonds. The average Bonchev–Trinajstić information content (AvgIpc) is 2.41. The van der Waals surface area contributed by atoms with Crippen LogP contribution in [0, 0.1) is 28.6 Å². The van der Waals surface area contributed by atoms with Gasteiger partial charge in [-0.15, -0.1) is 0 Å². The number of benzene rings is 1. The number of Topliss-reactive ketones (excluding diaryl/α,β-unsaturated/α-hetero) is 2. The molecule has 2 rings (SSSR count). The maximum Gasteiger partial charge on any atom is 0.214 e. The zero-order chi connectivity index (χ0) is 15.4. The van der Waals surface area contributed by atoms with Gasteiger partial charge in [0.05, 0.1) is 23.3 Å². The van der Waals surface area contributed by atoms with Crippen molar-refractivity contribution in [3.05, 3.63) is 29.3 Å². The highest BCUT2D eigenvalue weighted by Gasteiger charge is 2.35. The number of hydrogen-bond donors (Lipinski definition) is 0. The van der Waals surface area contributed by atoms with Crippen molar-refractivity contribution < 1.29 is 14.3 Å². The topological polar surface area (TPSA) is 90.9 Å². The number of nitrogens with zero attached hydrogens (tertiary/aromatic N) is 2. The zero-order valence-corrected chi connectivity index (χ0v) is 11.6. The molecule has 106 valence electrons. The van der Waals surface area contributed by atoms with Gasteiger partial charge in [0.1, 0.15) is 5.75 Å². The predicted octanol–water partition coefficient (Wildman–Crippen LogP) is 2.14. The highest BCUT2D eigenvalue weighted by molar-refractivity contribution is 6.05. The van der Waals surface area contributed by atoms with Gasteiger partial charge in [-0.25, -0.2) is 0 Å². The molecular formula is C16H14N2O3. The monoisotopic (exact) mass is 282 g/mol. The van der Waals surface area contributed by atoms with E-state index < -0.39 is 6.10 Å². The van der Waals surface area contributed by atoms with Crippen LogP contribution in [0.4, 0.5) is 0 Å². The van der Waals surface area contributed by atoms with Gasteiger partial charge in [0, 0.05) is 5.92 Å². The zero-order valence-electron chi connectivity index (χ0n) is 11.6. The molecule has 1 atom stereocenters. The van der Waals surface area contributed by atoms with Gasteiger partial charge in [0.2, 0.25) is 6.10 Å². The normalized spacial score (nSPS) is 15.2. The fourth-order valence-corrected chi connectivity index (χ4v) is 2.18. The molecule has 0 radical (unpaired) electrons. The first kappa shape index (κ1) is 14.7. The summed E-state index contributed by atoms with van der Waals surface area (Å²) < 4.78 is 5.48. The van der Waals surface area contributed by atoms with Crippen molar-refractivity contribution in [2.45, 2.75) is 32.3 Å². The van der Waals surface area contributed by atoms with Crippen LogP contribution in [-0.2, 0) is 9.59 Å². The minimum atomic E-state index is -1.16. The molecule has 1 aromatic rings. The lowest BCUT2D eigenvalue weighted by molar-refractivity contribution is -0.139. The number of hydrogen-bond acceptors (Lipinski definition) is 5. The molecule has 1 unspecified atom stereocenters. The Bertz CT molecular complexity index is 631. The smallest absolute Gasteiger partial charge is 0.214 e. The summed E-state index contributed by atoms with van der Waals surface area (Å²) in [6.45, 7) is 1.31. The fraction of sp³-hybridized carbons (Fsp3) is 0.375. The van der Waals surface area contributed by atoms with E-state index in [4.69, 9.17) is 15.3 Å². The van der Waals surface area contributed by atoms with E-state index in [-0.39, 0.29) is 34.4 Å². The Morgan fingerprint density at radius 1 is 1.19 bits per heavy atom. The molecule has 1 saturated carbocycles. The van der Waals surface area contributed by atoms with E-state index in [9.17, 15) is 9.59 Å². The van der Waals surface area contributed by atoms with Crippen LogP contribution in [0.3, 0.4) is 0 Å². The van der Waals surface area contributed by atoms with Gasteiger partial charge in [-0.3, -0.25) is 9.59 Å². The van der Waals surface area contributed by atoms with E-state index in [1.807, 2.05) is 12.1 Å². The van der Waals surface area contributed by atoms with Crippen LogP contribution in [0.2, 0.25) is 0 Å². The number of ether oxygens (including phenoxy) is 1. The maximum absolute atomic E-state index is 12.2. The van der Waals surface area contributed by atoms with Crippen molar-refractivity contribution in [1.29, 1.82) is 10.5 Å². The summed E-state index contributed by atoms with van der Waals surface area (Å²) in [5, 5.41) is 17.8. The fourth-order valence-electron chi connectivity index (χ4n) is 2.18. The molecule has 1 aromatic carbocycles. The van der Waals surface area contributed by atoms with Crippen molar-refractivity contribution >= 4 is 11.6 Å². The molecule has 1 aliphatic rings. The van der Waals surface area contributed by atoms with Crippen LogP contribution >= 0.6 is 0 Å². The first-order valence-electron chi connectivity index (χ1n) is 6.71. The third-order valence-corrected chi connectivity index (χ3v) is 3.55. The molecule has 0 heterocycles. The van der Waals surface area contributed by atoms with Gasteiger partial charge in [-0.2, -0.15) is 10.5 Å². The lowest BCUT2D eigenvalue weighted by Gasteiger charge is -2.27. The summed E-state index contributed by atoms with van der Waals surface area (Å²) >= 11 is 0. The quantitative estimate of drug-likeness (QED) is 0.771. The molecule has 1 aliphatic carbocycles. The first-order valence-corrected chi connectivity index (χ1v) is 6.71. The van der Waals surface area contributed by atoms with E-state index >= 15 is 0 Å². The summed E-state index contributed by atoms with van der Waals surface area (Å²) in [5.74, 6) is -0.505. The number of carbonyl (C=O) groups excluding carboxylic acids is 2. The Morgan fingerprint density at radius 2 is 1.76 bits per heavy atom. The summed E-state index contributed by atoms with van der Waals surface area (Å²) in [4.78, 5) is 23.9. The van der Waals surface area contributed by atoms with Gasteiger partial charge in [-0.05, 0) is 38.0 Å². The second-order valence-corrected chi connectivity index (χ2v) is 5.11. The first-order chi connectivity index (χ1) is 10.0. The molecule has 0 aliphatic heterocycles. The van der Waals surface area contributed by atoms with Crippen LogP contribution in [0.25, 0.3) is 0 Å². The van der Waals surface area contributed by atoms with Crippen molar-refractivity contribution in [3.8, 4) is 17.9 Å². The largest absolute Gasteiger partial charge is 0.475 e. The van der Waals surface area contributed by atoms with E-state index in [0.717, 1.165) is 19.3 Å². The minimum Gasteiger partial charge on any atom is -0.475 e. The molecule has 5 heteroatoms. The molecule has 21 heavy (non-hydrogen) atoms. The second-order valence-electron chi connectivity index (χ2n) is 5.11. The summed E-state index contributed by atoms with van der Waals surface area (Å²) in [7, 11) is 0. The van der Waals surface area contributed by atoms with Crippen molar-refractivity contribution in [3.63, 3.8) is 0 Å². The molecule has 0 aromatic heterocycles. The van der Waals surface area contributed by atoms with Crippen LogP contribution in [0.1, 0.15) is 37.3 Å². The SMILES string of the molecule is CC(=O)C(Oc1cc(C#N)cc(C#N)c1)C(=O)C1CCC1. The molecule has 0 bridgehead atoms. The van der Waals surface area contributed by atoms with Crippen LogP contribution < -0.4 is 4.74 Å². The van der Waals surface area contributed by atoms with Crippen LogP contribution in [0.5, 0.6) is 5.75 Å². The molecule has 0 spiro atoms. The molecular weight excluding hydrogens is 268 g/mol. The molecule has 0 N–H and O–H groups in total. The van der Waals surface area contributed by atoms with E-state index in [0.29, 0.717) is 0 Å². The van der Waals surface area contributed by atoms with Crippen molar-refractivity contribution in [2.75, 3.05) is 0 Å². The minimum absolute atomic E-state index is 0.117. The van der Waals surface area contributed by atoms with Gasteiger partial charge in [0.15, 0.2) is 11.6 Å². The number of carbonyl (C=O) groups is 2. The average molecular weight is 282 g/mol. The summed E-state index contributed by atoms with van der Waals surface area (Å²) in [6.07, 6.45) is 1.40. The Labute approximate surface area is 122 Å². The van der Waals surface area contributed by atoms with E-state index in [2.05, 4.69) is 0 Å². The Balaban J connectivity index is 2.25. The molecule has 1 fully saturated rings. The Kier molecular flexibility index (Phi) is 4.35.